The molecule has 172 valence electrons. The van der Waals surface area contributed by atoms with Crippen LogP contribution in [0.15, 0.2) is 73.1 Å². The van der Waals surface area contributed by atoms with Crippen LogP contribution >= 0.6 is 0 Å². The molecule has 1 aliphatic carbocycles. The first kappa shape index (κ1) is 21.8. The monoisotopic (exact) mass is 463 g/mol. The van der Waals surface area contributed by atoms with Crippen molar-refractivity contribution in [3.8, 4) is 17.1 Å². The molecule has 1 fully saturated rings. The second-order valence-electron chi connectivity index (χ2n) is 8.10. The summed E-state index contributed by atoms with van der Waals surface area (Å²) in [4.78, 5) is 23.0. The fourth-order valence-electron chi connectivity index (χ4n) is 3.92. The standard InChI is InChI=1S/C25H20F3N5O/c1-16(34)32(21-8-3-2-6-19(21)20-7-4-5-13-29-20)18-11-12-24(30-15-18)33-22(17-9-10-17)14-23(31-33)25(26,27)28/h2-8,11-15,17H,9-10H2,1H3. The van der Waals surface area contributed by atoms with Crippen LogP contribution in [0.25, 0.3) is 17.1 Å². The fraction of sp³-hybridized carbons (Fsp3) is 0.200. The number of benzene rings is 1. The molecule has 3 aromatic heterocycles. The first-order valence-electron chi connectivity index (χ1n) is 10.8. The van der Waals surface area contributed by atoms with Gasteiger partial charge in [0.1, 0.15) is 0 Å². The molecule has 1 amide bonds. The Hall–Kier alpha value is -4.01. The summed E-state index contributed by atoms with van der Waals surface area (Å²) in [6, 6.07) is 17.2. The zero-order valence-electron chi connectivity index (χ0n) is 18.2. The van der Waals surface area contributed by atoms with Crippen molar-refractivity contribution in [3.63, 3.8) is 0 Å². The van der Waals surface area contributed by atoms with E-state index in [-0.39, 0.29) is 17.6 Å². The molecule has 1 saturated carbocycles. The van der Waals surface area contributed by atoms with Gasteiger partial charge in [0.25, 0.3) is 0 Å². The topological polar surface area (TPSA) is 63.9 Å². The third-order valence-corrected chi connectivity index (χ3v) is 5.63. The number of anilines is 2. The Balaban J connectivity index is 1.54. The van der Waals surface area contributed by atoms with Gasteiger partial charge in [-0.05, 0) is 49.2 Å². The molecule has 5 rings (SSSR count). The van der Waals surface area contributed by atoms with Crippen LogP contribution in [0.4, 0.5) is 24.5 Å². The van der Waals surface area contributed by atoms with E-state index in [2.05, 4.69) is 15.1 Å². The van der Waals surface area contributed by atoms with Gasteiger partial charge >= 0.3 is 6.18 Å². The lowest BCUT2D eigenvalue weighted by molar-refractivity contribution is -0.141. The highest BCUT2D eigenvalue weighted by atomic mass is 19.4. The highest BCUT2D eigenvalue weighted by molar-refractivity contribution is 6.02. The van der Waals surface area contributed by atoms with Crippen LogP contribution in [0.2, 0.25) is 0 Å². The van der Waals surface area contributed by atoms with Crippen molar-refractivity contribution in [1.29, 1.82) is 0 Å². The van der Waals surface area contributed by atoms with E-state index in [1.54, 1.807) is 18.3 Å². The summed E-state index contributed by atoms with van der Waals surface area (Å²) in [5, 5.41) is 3.77. The van der Waals surface area contributed by atoms with E-state index in [4.69, 9.17) is 0 Å². The Morgan fingerprint density at radius 2 is 1.79 bits per heavy atom. The summed E-state index contributed by atoms with van der Waals surface area (Å²) < 4.78 is 41.0. The third-order valence-electron chi connectivity index (χ3n) is 5.63. The molecule has 0 atom stereocenters. The number of amides is 1. The van der Waals surface area contributed by atoms with E-state index >= 15 is 0 Å². The van der Waals surface area contributed by atoms with Crippen molar-refractivity contribution in [3.05, 3.63) is 84.4 Å². The number of carbonyl (C=O) groups is 1. The smallest absolute Gasteiger partial charge is 0.279 e. The van der Waals surface area contributed by atoms with E-state index in [0.717, 1.165) is 24.5 Å². The van der Waals surface area contributed by atoms with E-state index < -0.39 is 11.9 Å². The maximum Gasteiger partial charge on any atom is 0.435 e. The summed E-state index contributed by atoms with van der Waals surface area (Å²) >= 11 is 0. The minimum atomic E-state index is -4.53. The Labute approximate surface area is 193 Å². The van der Waals surface area contributed by atoms with Gasteiger partial charge in [0.05, 0.1) is 23.3 Å². The number of hydrogen-bond acceptors (Lipinski definition) is 4. The Morgan fingerprint density at radius 3 is 2.41 bits per heavy atom. The summed E-state index contributed by atoms with van der Waals surface area (Å²) in [6.45, 7) is 1.44. The van der Waals surface area contributed by atoms with E-state index in [9.17, 15) is 18.0 Å². The largest absolute Gasteiger partial charge is 0.435 e. The first-order chi connectivity index (χ1) is 16.3. The SMILES string of the molecule is CC(=O)N(c1ccc(-n2nc(C(F)(F)F)cc2C2CC2)nc1)c1ccccc1-c1ccccn1. The van der Waals surface area contributed by atoms with Crippen molar-refractivity contribution in [2.45, 2.75) is 31.9 Å². The van der Waals surface area contributed by atoms with Crippen LogP contribution in [0.1, 0.15) is 37.1 Å². The Morgan fingerprint density at radius 1 is 1.03 bits per heavy atom. The van der Waals surface area contributed by atoms with E-state index in [1.807, 2.05) is 42.5 Å². The number of alkyl halides is 3. The molecule has 0 N–H and O–H groups in total. The molecule has 0 saturated heterocycles. The number of halogens is 3. The van der Waals surface area contributed by atoms with Gasteiger partial charge in [0.15, 0.2) is 11.5 Å². The van der Waals surface area contributed by atoms with Gasteiger partial charge in [0.2, 0.25) is 5.91 Å². The zero-order chi connectivity index (χ0) is 23.9. The van der Waals surface area contributed by atoms with Crippen LogP contribution in [0.5, 0.6) is 0 Å². The predicted molar refractivity (Wildman–Crippen MR) is 121 cm³/mol. The molecule has 0 bridgehead atoms. The average Bonchev–Trinajstić information content (AvgIpc) is 3.57. The lowest BCUT2D eigenvalue weighted by Crippen LogP contribution is -2.23. The lowest BCUT2D eigenvalue weighted by atomic mass is 10.1. The molecule has 34 heavy (non-hydrogen) atoms. The molecule has 0 radical (unpaired) electrons. The third kappa shape index (κ3) is 4.16. The van der Waals surface area contributed by atoms with Gasteiger partial charge in [-0.15, -0.1) is 0 Å². The second kappa shape index (κ2) is 8.40. The van der Waals surface area contributed by atoms with Crippen LogP contribution in [0.3, 0.4) is 0 Å². The number of rotatable bonds is 5. The molecular formula is C25H20F3N5O. The van der Waals surface area contributed by atoms with Crippen molar-refractivity contribution in [2.75, 3.05) is 4.90 Å². The predicted octanol–water partition coefficient (Wildman–Crippen LogP) is 5.91. The van der Waals surface area contributed by atoms with Crippen molar-refractivity contribution < 1.29 is 18.0 Å². The number of hydrogen-bond donors (Lipinski definition) is 0. The van der Waals surface area contributed by atoms with Gasteiger partial charge in [-0.3, -0.25) is 14.7 Å². The minimum absolute atomic E-state index is 0.0454. The maximum atomic E-state index is 13.3. The average molecular weight is 463 g/mol. The minimum Gasteiger partial charge on any atom is -0.279 e. The van der Waals surface area contributed by atoms with E-state index in [0.29, 0.717) is 22.8 Å². The molecule has 9 heteroatoms. The number of pyridine rings is 2. The van der Waals surface area contributed by atoms with Crippen LogP contribution in [0, 0.1) is 0 Å². The molecule has 3 heterocycles. The molecule has 4 aromatic rings. The Kier molecular flexibility index (Phi) is 5.39. The van der Waals surface area contributed by atoms with Crippen molar-refractivity contribution in [1.82, 2.24) is 19.7 Å². The second-order valence-corrected chi connectivity index (χ2v) is 8.10. The normalized spacial score (nSPS) is 13.6. The molecule has 6 nitrogen and oxygen atoms in total. The number of aromatic nitrogens is 4. The van der Waals surface area contributed by atoms with Gasteiger partial charge in [-0.1, -0.05) is 24.3 Å². The van der Waals surface area contributed by atoms with Crippen molar-refractivity contribution >= 4 is 17.3 Å². The van der Waals surface area contributed by atoms with Crippen LogP contribution < -0.4 is 4.90 Å². The molecule has 0 aliphatic heterocycles. The quantitative estimate of drug-likeness (QED) is 0.369. The van der Waals surface area contributed by atoms with Gasteiger partial charge in [-0.25, -0.2) is 9.67 Å². The van der Waals surface area contributed by atoms with Crippen LogP contribution in [-0.2, 0) is 11.0 Å². The number of nitrogens with zero attached hydrogens (tertiary/aromatic N) is 5. The molecule has 0 unspecified atom stereocenters. The maximum absolute atomic E-state index is 13.3. The summed E-state index contributed by atoms with van der Waals surface area (Å²) in [5.74, 6) is 0.0711. The highest BCUT2D eigenvalue weighted by Crippen LogP contribution is 2.43. The fourth-order valence-corrected chi connectivity index (χ4v) is 3.92. The Bertz CT molecular complexity index is 1330. The zero-order valence-corrected chi connectivity index (χ0v) is 18.2. The van der Waals surface area contributed by atoms with E-state index in [1.165, 1.54) is 22.7 Å². The van der Waals surface area contributed by atoms with Gasteiger partial charge < -0.3 is 0 Å². The first-order valence-corrected chi connectivity index (χ1v) is 10.8. The van der Waals surface area contributed by atoms with Crippen molar-refractivity contribution in [2.24, 2.45) is 0 Å². The lowest BCUT2D eigenvalue weighted by Gasteiger charge is -2.24. The molecular weight excluding hydrogens is 443 g/mol. The molecule has 1 aliphatic rings. The van der Waals surface area contributed by atoms with Gasteiger partial charge in [-0.2, -0.15) is 18.3 Å². The molecule has 0 spiro atoms. The molecule has 1 aromatic carbocycles. The summed E-state index contributed by atoms with van der Waals surface area (Å²) in [7, 11) is 0. The number of para-hydroxylation sites is 1. The summed E-state index contributed by atoms with van der Waals surface area (Å²) in [5.41, 5.74) is 2.14. The van der Waals surface area contributed by atoms with Crippen LogP contribution in [-0.4, -0.2) is 25.7 Å². The number of carbonyl (C=O) groups excluding carboxylic acids is 1. The van der Waals surface area contributed by atoms with Gasteiger partial charge in [0, 0.05) is 30.3 Å². The highest BCUT2D eigenvalue weighted by Gasteiger charge is 2.38. The summed E-state index contributed by atoms with van der Waals surface area (Å²) in [6.07, 6.45) is 0.261.